The van der Waals surface area contributed by atoms with Gasteiger partial charge in [-0.25, -0.2) is 9.78 Å². The lowest BCUT2D eigenvalue weighted by Gasteiger charge is -2.24. The molecule has 104 valence electrons. The minimum atomic E-state index is -0.880. The quantitative estimate of drug-likeness (QED) is 0.885. The summed E-state index contributed by atoms with van der Waals surface area (Å²) in [5.74, 6) is 0.820. The average molecular weight is 263 g/mol. The van der Waals surface area contributed by atoms with Crippen LogP contribution >= 0.6 is 0 Å². The Balaban J connectivity index is 2.05. The van der Waals surface area contributed by atoms with E-state index in [0.717, 1.165) is 50.4 Å². The topological polar surface area (TPSA) is 58.4 Å². The van der Waals surface area contributed by atoms with Gasteiger partial charge in [-0.2, -0.15) is 0 Å². The Labute approximate surface area is 113 Å². The smallest absolute Gasteiger partial charge is 0.356 e. The maximum atomic E-state index is 11.4. The monoisotopic (exact) mass is 263 g/mol. The molecule has 0 spiro atoms. The van der Waals surface area contributed by atoms with Gasteiger partial charge in [0, 0.05) is 19.0 Å². The molecule has 1 N–H and O–H groups in total. The molecule has 5 nitrogen and oxygen atoms in total. The fourth-order valence-corrected chi connectivity index (χ4v) is 3.52. The van der Waals surface area contributed by atoms with Gasteiger partial charge in [-0.1, -0.05) is 6.92 Å². The highest BCUT2D eigenvalue weighted by molar-refractivity contribution is 5.87. The first-order valence-corrected chi connectivity index (χ1v) is 7.10. The first kappa shape index (κ1) is 12.7. The second-order valence-electron chi connectivity index (χ2n) is 5.95. The molecule has 1 aromatic rings. The van der Waals surface area contributed by atoms with Gasteiger partial charge in [-0.3, -0.25) is 0 Å². The second-order valence-corrected chi connectivity index (χ2v) is 5.95. The van der Waals surface area contributed by atoms with Crippen LogP contribution in [0.5, 0.6) is 0 Å². The number of carbonyl (C=O) groups is 1. The van der Waals surface area contributed by atoms with Gasteiger partial charge in [-0.05, 0) is 38.8 Å². The predicted molar refractivity (Wildman–Crippen MR) is 71.7 cm³/mol. The molecule has 2 unspecified atom stereocenters. The third-order valence-electron chi connectivity index (χ3n) is 4.48. The molecule has 1 saturated heterocycles. The minimum absolute atomic E-state index is 0.289. The fourth-order valence-electron chi connectivity index (χ4n) is 3.52. The highest BCUT2D eigenvalue weighted by atomic mass is 16.4. The molecule has 3 heterocycles. The molecule has 5 heteroatoms. The van der Waals surface area contributed by atoms with Crippen LogP contribution in [-0.2, 0) is 6.54 Å². The predicted octanol–water partition coefficient (Wildman–Crippen LogP) is 1.90. The van der Waals surface area contributed by atoms with E-state index in [1.807, 2.05) is 0 Å². The Kier molecular flexibility index (Phi) is 3.09. The molecule has 0 bridgehead atoms. The summed E-state index contributed by atoms with van der Waals surface area (Å²) in [5, 5.41) is 9.38. The van der Waals surface area contributed by atoms with Crippen LogP contribution in [0.3, 0.4) is 0 Å². The summed E-state index contributed by atoms with van der Waals surface area (Å²) >= 11 is 0. The van der Waals surface area contributed by atoms with Crippen molar-refractivity contribution in [1.82, 2.24) is 14.5 Å². The summed E-state index contributed by atoms with van der Waals surface area (Å²) in [6.45, 7) is 5.11. The molecule has 3 rings (SSSR count). The Hall–Kier alpha value is -1.36. The highest BCUT2D eigenvalue weighted by Gasteiger charge is 2.33. The number of likely N-dealkylation sites (tertiary alicyclic amines) is 1. The summed E-state index contributed by atoms with van der Waals surface area (Å²) in [6.07, 6.45) is 3.27. The molecule has 2 aliphatic rings. The van der Waals surface area contributed by atoms with Crippen LogP contribution in [0.4, 0.5) is 0 Å². The summed E-state index contributed by atoms with van der Waals surface area (Å²) in [6, 6.07) is 0. The van der Waals surface area contributed by atoms with Crippen molar-refractivity contribution in [3.05, 3.63) is 17.2 Å². The van der Waals surface area contributed by atoms with E-state index < -0.39 is 5.97 Å². The lowest BCUT2D eigenvalue weighted by atomic mass is 9.96. The van der Waals surface area contributed by atoms with Gasteiger partial charge < -0.3 is 14.6 Å². The van der Waals surface area contributed by atoms with Crippen molar-refractivity contribution in [2.45, 2.75) is 44.6 Å². The maximum absolute atomic E-state index is 11.4. The number of hydrogen-bond acceptors (Lipinski definition) is 3. The van der Waals surface area contributed by atoms with E-state index >= 15 is 0 Å². The lowest BCUT2D eigenvalue weighted by molar-refractivity contribution is 0.0688. The zero-order valence-corrected chi connectivity index (χ0v) is 11.6. The van der Waals surface area contributed by atoms with Gasteiger partial charge in [0.1, 0.15) is 5.82 Å². The normalized spacial score (nSPS) is 27.5. The van der Waals surface area contributed by atoms with Crippen LogP contribution < -0.4 is 0 Å². The highest BCUT2D eigenvalue weighted by Crippen LogP contribution is 2.35. The Morgan fingerprint density at radius 2 is 2.16 bits per heavy atom. The van der Waals surface area contributed by atoms with E-state index in [0.29, 0.717) is 11.8 Å². The summed E-state index contributed by atoms with van der Waals surface area (Å²) in [7, 11) is 2.11. The maximum Gasteiger partial charge on any atom is 0.356 e. The number of aromatic carboxylic acids is 1. The summed E-state index contributed by atoms with van der Waals surface area (Å²) < 4.78 is 2.20. The number of imidazole rings is 1. The molecular formula is C14H21N3O2. The molecule has 2 atom stereocenters. The van der Waals surface area contributed by atoms with Crippen molar-refractivity contribution >= 4 is 5.97 Å². The van der Waals surface area contributed by atoms with Crippen LogP contribution in [0, 0.1) is 0 Å². The molecule has 19 heavy (non-hydrogen) atoms. The van der Waals surface area contributed by atoms with E-state index in [9.17, 15) is 9.90 Å². The van der Waals surface area contributed by atoms with Gasteiger partial charge in [0.25, 0.3) is 0 Å². The van der Waals surface area contributed by atoms with E-state index in [1.165, 1.54) is 0 Å². The Morgan fingerprint density at radius 3 is 2.79 bits per heavy atom. The first-order chi connectivity index (χ1) is 9.08. The molecule has 2 aliphatic heterocycles. The number of nitrogens with zero attached hydrogens (tertiary/aromatic N) is 3. The zero-order valence-electron chi connectivity index (χ0n) is 11.6. The van der Waals surface area contributed by atoms with Gasteiger partial charge in [0.05, 0.1) is 5.69 Å². The fraction of sp³-hybridized carbons (Fsp3) is 0.714. The molecule has 0 amide bonds. The van der Waals surface area contributed by atoms with Crippen LogP contribution in [0.2, 0.25) is 0 Å². The Bertz CT molecular complexity index is 509. The van der Waals surface area contributed by atoms with Gasteiger partial charge in [-0.15, -0.1) is 0 Å². The first-order valence-electron chi connectivity index (χ1n) is 7.10. The molecule has 0 aromatic carbocycles. The van der Waals surface area contributed by atoms with Crippen molar-refractivity contribution in [2.24, 2.45) is 0 Å². The van der Waals surface area contributed by atoms with Gasteiger partial charge in [0.15, 0.2) is 5.69 Å². The summed E-state index contributed by atoms with van der Waals surface area (Å²) in [4.78, 5) is 18.2. The van der Waals surface area contributed by atoms with Crippen LogP contribution in [0.15, 0.2) is 0 Å². The minimum Gasteiger partial charge on any atom is -0.476 e. The number of likely N-dealkylation sites (N-methyl/N-ethyl adjacent to an activating group) is 1. The van der Waals surface area contributed by atoms with Crippen LogP contribution in [0.1, 0.15) is 60.0 Å². The molecule has 0 radical (unpaired) electrons. The van der Waals surface area contributed by atoms with E-state index in [4.69, 9.17) is 0 Å². The number of carboxylic acid groups (broad SMARTS) is 1. The Morgan fingerprint density at radius 1 is 1.37 bits per heavy atom. The van der Waals surface area contributed by atoms with Crippen molar-refractivity contribution in [2.75, 3.05) is 20.1 Å². The lowest BCUT2D eigenvalue weighted by Crippen LogP contribution is -2.20. The number of hydrogen-bond donors (Lipinski definition) is 1. The van der Waals surface area contributed by atoms with E-state index in [2.05, 4.69) is 28.4 Å². The molecule has 1 aromatic heterocycles. The number of carboxylic acids is 1. The largest absolute Gasteiger partial charge is 0.476 e. The van der Waals surface area contributed by atoms with Crippen molar-refractivity contribution < 1.29 is 9.90 Å². The molecule has 0 saturated carbocycles. The van der Waals surface area contributed by atoms with Crippen LogP contribution in [-0.4, -0.2) is 45.7 Å². The van der Waals surface area contributed by atoms with Crippen LogP contribution in [0.25, 0.3) is 0 Å². The average Bonchev–Trinajstić information content (AvgIpc) is 2.93. The third kappa shape index (κ3) is 2.06. The van der Waals surface area contributed by atoms with E-state index in [-0.39, 0.29) is 5.69 Å². The van der Waals surface area contributed by atoms with E-state index in [1.54, 1.807) is 0 Å². The van der Waals surface area contributed by atoms with Crippen molar-refractivity contribution in [3.63, 3.8) is 0 Å². The standard InChI is InChI=1S/C14H21N3O2/c1-9-4-3-6-17-12(9)11(14(18)19)15-13(17)10-5-7-16(2)8-10/h9-10H,3-8H2,1-2H3,(H,18,19). The van der Waals surface area contributed by atoms with Crippen molar-refractivity contribution in [1.29, 1.82) is 0 Å². The second kappa shape index (κ2) is 4.63. The molecule has 0 aliphatic carbocycles. The molecular weight excluding hydrogens is 242 g/mol. The number of rotatable bonds is 2. The molecule has 1 fully saturated rings. The third-order valence-corrected chi connectivity index (χ3v) is 4.48. The van der Waals surface area contributed by atoms with Crippen molar-refractivity contribution in [3.8, 4) is 0 Å². The number of aromatic nitrogens is 2. The number of fused-ring (bicyclic) bond motifs is 1. The van der Waals surface area contributed by atoms with Gasteiger partial charge in [0.2, 0.25) is 0 Å². The summed E-state index contributed by atoms with van der Waals surface area (Å²) in [5.41, 5.74) is 1.24. The zero-order chi connectivity index (χ0) is 13.6. The van der Waals surface area contributed by atoms with Gasteiger partial charge >= 0.3 is 5.97 Å². The SMILES string of the molecule is CC1CCCn2c(C3CCN(C)C3)nc(C(=O)O)c21.